The van der Waals surface area contributed by atoms with Crippen LogP contribution in [0, 0.1) is 0 Å². The summed E-state index contributed by atoms with van der Waals surface area (Å²) in [6, 6.07) is 0.967. The third-order valence-corrected chi connectivity index (χ3v) is 8.50. The minimum Gasteiger partial charge on any atom is -0.379 e. The Bertz CT molecular complexity index is 900. The molecule has 2 fully saturated rings. The Morgan fingerprint density at radius 1 is 1.31 bits per heavy atom. The van der Waals surface area contributed by atoms with Gasteiger partial charge in [-0.1, -0.05) is 0 Å². The van der Waals surface area contributed by atoms with Gasteiger partial charge in [-0.05, 0) is 12.5 Å². The maximum absolute atomic E-state index is 12.8. The molecule has 2 aliphatic rings. The fraction of sp³-hybridized carbons (Fsp3) is 0.667. The molecule has 0 saturated carbocycles. The molecule has 0 radical (unpaired) electrons. The van der Waals surface area contributed by atoms with Gasteiger partial charge in [-0.2, -0.15) is 4.31 Å². The zero-order valence-electron chi connectivity index (χ0n) is 14.8. The summed E-state index contributed by atoms with van der Waals surface area (Å²) >= 11 is 0. The Kier molecular flexibility index (Phi) is 5.17. The topological polar surface area (TPSA) is 106 Å². The molecule has 26 heavy (non-hydrogen) atoms. The van der Waals surface area contributed by atoms with Gasteiger partial charge in [0.15, 0.2) is 9.84 Å². The van der Waals surface area contributed by atoms with Gasteiger partial charge in [-0.25, -0.2) is 16.8 Å². The van der Waals surface area contributed by atoms with Crippen LogP contribution >= 0.6 is 0 Å². The van der Waals surface area contributed by atoms with E-state index < -0.39 is 25.8 Å². The molecule has 11 heteroatoms. The molecule has 9 nitrogen and oxygen atoms in total. The highest BCUT2D eigenvalue weighted by Crippen LogP contribution is 2.23. The monoisotopic (exact) mass is 405 g/mol. The molecule has 146 valence electrons. The van der Waals surface area contributed by atoms with E-state index >= 15 is 0 Å². The van der Waals surface area contributed by atoms with E-state index in [1.807, 2.05) is 0 Å². The van der Waals surface area contributed by atoms with Crippen LogP contribution in [0.2, 0.25) is 0 Å². The van der Waals surface area contributed by atoms with Gasteiger partial charge in [0.25, 0.3) is 5.91 Å². The number of hydrogen-bond acceptors (Lipinski definition) is 6. The quantitative estimate of drug-likeness (QED) is 0.656. The van der Waals surface area contributed by atoms with Crippen molar-refractivity contribution in [3.05, 3.63) is 18.0 Å². The normalized spacial score (nSPS) is 23.8. The highest BCUT2D eigenvalue weighted by Gasteiger charge is 2.35. The number of aryl methyl sites for hydroxylation is 1. The number of aromatic nitrogens is 1. The average Bonchev–Trinajstić information content (AvgIpc) is 3.17. The first-order valence-corrected chi connectivity index (χ1v) is 11.6. The summed E-state index contributed by atoms with van der Waals surface area (Å²) in [7, 11) is -3.65. The lowest BCUT2D eigenvalue weighted by Crippen LogP contribution is -2.40. The number of amides is 1. The van der Waals surface area contributed by atoms with Crippen molar-refractivity contribution in [2.75, 3.05) is 44.9 Å². The summed E-state index contributed by atoms with van der Waals surface area (Å²) in [4.78, 5) is 14.2. The molecular weight excluding hydrogens is 382 g/mol. The number of nitrogens with zero attached hydrogens (tertiary/aromatic N) is 3. The molecule has 1 atom stereocenters. The summed E-state index contributed by atoms with van der Waals surface area (Å²) < 4.78 is 56.8. The maximum atomic E-state index is 12.8. The van der Waals surface area contributed by atoms with E-state index in [1.54, 1.807) is 14.1 Å². The zero-order valence-corrected chi connectivity index (χ0v) is 16.4. The summed E-state index contributed by atoms with van der Waals surface area (Å²) in [6.07, 6.45) is 1.81. The van der Waals surface area contributed by atoms with Crippen molar-refractivity contribution < 1.29 is 26.4 Å². The highest BCUT2D eigenvalue weighted by molar-refractivity contribution is 7.91. The number of ether oxygens (including phenoxy) is 1. The fourth-order valence-corrected chi connectivity index (χ4v) is 6.51. The largest absolute Gasteiger partial charge is 0.379 e. The maximum Gasteiger partial charge on any atom is 0.270 e. The van der Waals surface area contributed by atoms with Crippen molar-refractivity contribution >= 4 is 25.8 Å². The highest BCUT2D eigenvalue weighted by atomic mass is 32.2. The molecule has 3 rings (SSSR count). The molecule has 1 aromatic heterocycles. The smallest absolute Gasteiger partial charge is 0.270 e. The van der Waals surface area contributed by atoms with E-state index in [0.29, 0.717) is 19.6 Å². The van der Waals surface area contributed by atoms with E-state index in [-0.39, 0.29) is 41.2 Å². The number of hydrogen-bond donors (Lipinski definition) is 0. The van der Waals surface area contributed by atoms with E-state index in [1.165, 1.54) is 26.0 Å². The van der Waals surface area contributed by atoms with Gasteiger partial charge in [-0.3, -0.25) is 4.79 Å². The van der Waals surface area contributed by atoms with E-state index in [4.69, 9.17) is 4.74 Å². The lowest BCUT2D eigenvalue weighted by atomic mass is 10.2. The van der Waals surface area contributed by atoms with Crippen LogP contribution in [-0.2, 0) is 31.6 Å². The molecule has 0 aliphatic carbocycles. The van der Waals surface area contributed by atoms with Crippen LogP contribution in [-0.4, -0.2) is 87.4 Å². The Morgan fingerprint density at radius 3 is 2.54 bits per heavy atom. The zero-order chi connectivity index (χ0) is 19.1. The fourth-order valence-electron chi connectivity index (χ4n) is 3.25. The minimum atomic E-state index is -3.69. The third-order valence-electron chi connectivity index (χ3n) is 4.88. The van der Waals surface area contributed by atoms with Crippen molar-refractivity contribution in [1.82, 2.24) is 13.8 Å². The SMILES string of the molecule is CN(C(=O)c1cc(S(=O)(=O)N2CCOCC2)cn1C)[C@H]1CCS(=O)(=O)C1. The average molecular weight is 405 g/mol. The van der Waals surface area contributed by atoms with Crippen LogP contribution < -0.4 is 0 Å². The Balaban J connectivity index is 1.82. The van der Waals surface area contributed by atoms with Gasteiger partial charge in [0.05, 0.1) is 24.7 Å². The molecule has 3 heterocycles. The minimum absolute atomic E-state index is 0.0534. The number of sulfonamides is 1. The van der Waals surface area contributed by atoms with Crippen molar-refractivity contribution in [3.63, 3.8) is 0 Å². The molecule has 1 amide bonds. The van der Waals surface area contributed by atoms with Crippen molar-refractivity contribution in [1.29, 1.82) is 0 Å². The molecule has 0 bridgehead atoms. The van der Waals surface area contributed by atoms with Gasteiger partial charge in [0.1, 0.15) is 10.6 Å². The Labute approximate surface area is 153 Å². The number of carbonyl (C=O) groups is 1. The van der Waals surface area contributed by atoms with Crippen molar-refractivity contribution in [2.24, 2.45) is 7.05 Å². The number of rotatable bonds is 4. The van der Waals surface area contributed by atoms with Crippen LogP contribution in [0.4, 0.5) is 0 Å². The first kappa shape index (κ1) is 19.3. The number of carbonyl (C=O) groups excluding carboxylic acids is 1. The summed E-state index contributed by atoms with van der Waals surface area (Å²) in [5.41, 5.74) is 0.212. The van der Waals surface area contributed by atoms with E-state index in [0.717, 1.165) is 0 Å². The second-order valence-corrected chi connectivity index (χ2v) is 10.8. The lowest BCUT2D eigenvalue weighted by molar-refractivity contribution is 0.0729. The van der Waals surface area contributed by atoms with Crippen molar-refractivity contribution in [3.8, 4) is 0 Å². The molecule has 0 N–H and O–H groups in total. The first-order chi connectivity index (χ1) is 12.1. The number of sulfone groups is 1. The summed E-state index contributed by atoms with van der Waals surface area (Å²) in [6.45, 7) is 1.24. The van der Waals surface area contributed by atoms with Gasteiger partial charge in [0.2, 0.25) is 10.0 Å². The molecule has 0 unspecified atom stereocenters. The van der Waals surface area contributed by atoms with Gasteiger partial charge in [0, 0.05) is 39.4 Å². The third kappa shape index (κ3) is 3.66. The Hall–Kier alpha value is -1.43. The predicted octanol–water partition coefficient (Wildman–Crippen LogP) is -0.695. The predicted molar refractivity (Wildman–Crippen MR) is 94.1 cm³/mol. The molecule has 1 aromatic rings. The van der Waals surface area contributed by atoms with Crippen LogP contribution in [0.5, 0.6) is 0 Å². The van der Waals surface area contributed by atoms with Gasteiger partial charge < -0.3 is 14.2 Å². The van der Waals surface area contributed by atoms with Gasteiger partial charge >= 0.3 is 0 Å². The summed E-state index contributed by atoms with van der Waals surface area (Å²) in [5.74, 6) is -0.379. The number of morpholine rings is 1. The second-order valence-electron chi connectivity index (χ2n) is 6.66. The molecule has 2 saturated heterocycles. The first-order valence-electron chi connectivity index (χ1n) is 8.34. The van der Waals surface area contributed by atoms with Crippen LogP contribution in [0.15, 0.2) is 17.2 Å². The van der Waals surface area contributed by atoms with Crippen LogP contribution in [0.1, 0.15) is 16.9 Å². The van der Waals surface area contributed by atoms with Crippen molar-refractivity contribution in [2.45, 2.75) is 17.4 Å². The standard InChI is InChI=1S/C15H23N3O6S2/c1-16-10-13(26(22,23)18-4-6-24-7-5-18)9-14(16)15(19)17(2)12-3-8-25(20,21)11-12/h9-10,12H,3-8,11H2,1-2H3/t12-/m0/s1. The molecule has 0 aromatic carbocycles. The lowest BCUT2D eigenvalue weighted by Gasteiger charge is -2.25. The van der Waals surface area contributed by atoms with Crippen LogP contribution in [0.25, 0.3) is 0 Å². The van der Waals surface area contributed by atoms with Gasteiger partial charge in [-0.15, -0.1) is 0 Å². The molecular formula is C15H23N3O6S2. The second kappa shape index (κ2) is 6.95. The van der Waals surface area contributed by atoms with E-state index in [2.05, 4.69) is 0 Å². The molecule has 0 spiro atoms. The Morgan fingerprint density at radius 2 is 1.96 bits per heavy atom. The molecule has 2 aliphatic heterocycles. The summed E-state index contributed by atoms with van der Waals surface area (Å²) in [5, 5.41) is 0. The van der Waals surface area contributed by atoms with Crippen LogP contribution in [0.3, 0.4) is 0 Å². The van der Waals surface area contributed by atoms with E-state index in [9.17, 15) is 21.6 Å².